The first kappa shape index (κ1) is 39.4. The summed E-state index contributed by atoms with van der Waals surface area (Å²) in [6.45, 7) is 2.34. The van der Waals surface area contributed by atoms with Crippen molar-refractivity contribution < 1.29 is 9.15 Å². The van der Waals surface area contributed by atoms with Gasteiger partial charge in [-0.15, -0.1) is 0 Å². The molecule has 13 rings (SSSR count). The third-order valence-corrected chi connectivity index (χ3v) is 15.7. The summed E-state index contributed by atoms with van der Waals surface area (Å²) in [6.07, 6.45) is 31.6. The molecule has 3 heteroatoms. The van der Waals surface area contributed by atoms with Gasteiger partial charge in [0.15, 0.2) is 0 Å². The fraction of sp³-hybridized carbons (Fsp3) is 0.222. The molecule has 2 aliphatic heterocycles. The molecule has 5 aliphatic carbocycles. The number of ether oxygens (including phenoxy) is 1. The maximum atomic E-state index is 6.46. The van der Waals surface area contributed by atoms with Crippen LogP contribution in [0.1, 0.15) is 90.0 Å². The van der Waals surface area contributed by atoms with Crippen LogP contribution in [0.2, 0.25) is 0 Å². The van der Waals surface area contributed by atoms with Gasteiger partial charge in [0.1, 0.15) is 23.2 Å². The molecule has 7 atom stereocenters. The Balaban J connectivity index is 0.926. The van der Waals surface area contributed by atoms with E-state index in [-0.39, 0.29) is 17.9 Å². The van der Waals surface area contributed by atoms with E-state index in [1.54, 1.807) is 0 Å². The molecule has 1 saturated carbocycles. The predicted molar refractivity (Wildman–Crippen MR) is 271 cm³/mol. The molecule has 6 aromatic rings. The number of furan rings is 1. The van der Waals surface area contributed by atoms with Gasteiger partial charge in [0.25, 0.3) is 0 Å². The van der Waals surface area contributed by atoms with Crippen molar-refractivity contribution in [3.05, 3.63) is 238 Å². The van der Waals surface area contributed by atoms with Crippen molar-refractivity contribution >= 4 is 33.9 Å². The van der Waals surface area contributed by atoms with Crippen LogP contribution in [0, 0.1) is 23.7 Å². The summed E-state index contributed by atoms with van der Waals surface area (Å²) >= 11 is 0. The van der Waals surface area contributed by atoms with Gasteiger partial charge in [-0.05, 0) is 143 Å². The minimum absolute atomic E-state index is 0.0778. The number of aliphatic imine (C=N–C) groups is 1. The van der Waals surface area contributed by atoms with E-state index in [1.165, 1.54) is 72.3 Å². The molecule has 1 aromatic heterocycles. The van der Waals surface area contributed by atoms with Gasteiger partial charge in [0, 0.05) is 33.9 Å². The van der Waals surface area contributed by atoms with E-state index in [1.807, 2.05) is 0 Å². The van der Waals surface area contributed by atoms with Gasteiger partial charge in [0.2, 0.25) is 0 Å². The van der Waals surface area contributed by atoms with Gasteiger partial charge in [-0.3, -0.25) is 0 Å². The number of rotatable bonds is 8. The number of benzene rings is 5. The van der Waals surface area contributed by atoms with Crippen LogP contribution in [0.3, 0.4) is 0 Å². The molecule has 0 amide bonds. The molecule has 0 radical (unpaired) electrons. The summed E-state index contributed by atoms with van der Waals surface area (Å²) in [6, 6.07) is 44.8. The van der Waals surface area contributed by atoms with Crippen molar-refractivity contribution in [3.8, 4) is 16.9 Å². The highest BCUT2D eigenvalue weighted by Crippen LogP contribution is 2.65. The van der Waals surface area contributed by atoms with E-state index in [2.05, 4.69) is 195 Å². The Morgan fingerprint density at radius 3 is 2.33 bits per heavy atom. The molecule has 0 N–H and O–H groups in total. The monoisotopic (exact) mass is 855 g/mol. The van der Waals surface area contributed by atoms with Crippen molar-refractivity contribution in [1.82, 2.24) is 0 Å². The Morgan fingerprint density at radius 1 is 0.727 bits per heavy atom. The van der Waals surface area contributed by atoms with Crippen molar-refractivity contribution in [2.24, 2.45) is 28.7 Å². The molecule has 66 heavy (non-hydrogen) atoms. The Hall–Kier alpha value is -6.97. The van der Waals surface area contributed by atoms with Crippen LogP contribution in [0.4, 0.5) is 0 Å². The molecule has 3 heterocycles. The minimum Gasteiger partial charge on any atom is -0.485 e. The van der Waals surface area contributed by atoms with Crippen molar-refractivity contribution in [1.29, 1.82) is 0 Å². The molecule has 0 saturated heterocycles. The van der Waals surface area contributed by atoms with Crippen LogP contribution in [0.5, 0.6) is 5.75 Å². The van der Waals surface area contributed by atoms with E-state index in [0.717, 1.165) is 66.9 Å². The highest BCUT2D eigenvalue weighted by atomic mass is 16.5. The van der Waals surface area contributed by atoms with Gasteiger partial charge in [-0.1, -0.05) is 165 Å². The van der Waals surface area contributed by atoms with E-state index >= 15 is 0 Å². The molecule has 7 unspecified atom stereocenters. The number of allylic oxidation sites excluding steroid dienone is 12. The number of hydrogen-bond acceptors (Lipinski definition) is 3. The molecule has 0 spiro atoms. The van der Waals surface area contributed by atoms with Crippen LogP contribution >= 0.6 is 0 Å². The molecule has 5 aromatic carbocycles. The summed E-state index contributed by atoms with van der Waals surface area (Å²) < 4.78 is 12.8. The lowest BCUT2D eigenvalue weighted by Crippen LogP contribution is -2.15. The summed E-state index contributed by atoms with van der Waals surface area (Å²) in [5.74, 6) is 4.53. The predicted octanol–water partition coefficient (Wildman–Crippen LogP) is 15.6. The van der Waals surface area contributed by atoms with Crippen LogP contribution < -0.4 is 4.74 Å². The Morgan fingerprint density at radius 2 is 1.50 bits per heavy atom. The van der Waals surface area contributed by atoms with Gasteiger partial charge < -0.3 is 9.15 Å². The summed E-state index contributed by atoms with van der Waals surface area (Å²) in [5.41, 5.74) is 19.1. The third kappa shape index (κ3) is 6.90. The first-order valence-electron chi connectivity index (χ1n) is 24.3. The average molecular weight is 856 g/mol. The molecule has 322 valence electrons. The Kier molecular flexibility index (Phi) is 9.65. The van der Waals surface area contributed by atoms with Crippen molar-refractivity contribution in [2.75, 3.05) is 0 Å². The number of fused-ring (bicyclic) bond motifs is 7. The zero-order valence-electron chi connectivity index (χ0n) is 37.4. The number of para-hydroxylation sites is 1. The molecule has 7 aliphatic rings. The van der Waals surface area contributed by atoms with E-state index < -0.39 is 0 Å². The second-order valence-corrected chi connectivity index (χ2v) is 19.4. The topological polar surface area (TPSA) is 34.7 Å². The lowest BCUT2D eigenvalue weighted by molar-refractivity contribution is 0.269. The van der Waals surface area contributed by atoms with Crippen LogP contribution in [-0.4, -0.2) is 11.8 Å². The largest absolute Gasteiger partial charge is 0.485 e. The fourth-order valence-corrected chi connectivity index (χ4v) is 12.3. The second kappa shape index (κ2) is 16.2. The van der Waals surface area contributed by atoms with Crippen molar-refractivity contribution in [2.45, 2.75) is 63.4 Å². The summed E-state index contributed by atoms with van der Waals surface area (Å²) in [4.78, 5) is 5.92. The van der Waals surface area contributed by atoms with Crippen LogP contribution in [0.25, 0.3) is 39.3 Å². The summed E-state index contributed by atoms with van der Waals surface area (Å²) in [5, 5.41) is 1.26. The third-order valence-electron chi connectivity index (χ3n) is 15.7. The van der Waals surface area contributed by atoms with E-state index in [9.17, 15) is 0 Å². The standard InChI is InChI=1S/C63H53NO2/c1-2-39-33-48(44-23-21-42(22-24-44)40-13-5-3-6-14-40)38-56(45-27-25-43(26-28-45)41-15-7-4-8-16-41)64-63(39)55-37-49(46-29-31-59-52(34-46)50-17-9-11-19-57(50)65-59)36-54-61(62(54)55)47-30-32-60-53(35-47)51-18-10-12-20-58(51)66-60/h3-5,7-13,15-32,34,37-38,47,49-50,54,57,61-62H,2,6,14,33,35-36H2,1H3. The minimum atomic E-state index is 0.0778. The second-order valence-electron chi connectivity index (χ2n) is 19.4. The first-order chi connectivity index (χ1) is 32.6. The maximum Gasteiger partial charge on any atom is 0.135 e. The fourth-order valence-electron chi connectivity index (χ4n) is 12.3. The molecular formula is C63H53NO2. The molecular weight excluding hydrogens is 803 g/mol. The Bertz CT molecular complexity index is 3200. The summed E-state index contributed by atoms with van der Waals surface area (Å²) in [7, 11) is 0. The van der Waals surface area contributed by atoms with Crippen LogP contribution in [0.15, 0.2) is 208 Å². The lowest BCUT2D eigenvalue weighted by atomic mass is 9.81. The van der Waals surface area contributed by atoms with E-state index in [0.29, 0.717) is 23.7 Å². The van der Waals surface area contributed by atoms with Gasteiger partial charge >= 0.3 is 0 Å². The SMILES string of the molecule is CCC1=C(C2=CC(c3ccc4c(c3)C3C=CC=CC3O4)CC3C2C3C2C=Cc3oc4ccccc4c3C2)N=C(c2ccc(-c3ccccc3)cc2)C=C(c2ccc(C3=CC=CCC3)cc2)C1. The van der Waals surface area contributed by atoms with Gasteiger partial charge in [-0.2, -0.15) is 0 Å². The molecule has 1 fully saturated rings. The van der Waals surface area contributed by atoms with Crippen LogP contribution in [-0.2, 0) is 6.42 Å². The molecule has 3 nitrogen and oxygen atoms in total. The molecule has 0 bridgehead atoms. The smallest absolute Gasteiger partial charge is 0.135 e. The lowest BCUT2D eigenvalue weighted by Gasteiger charge is -2.24. The highest BCUT2D eigenvalue weighted by molar-refractivity contribution is 6.13. The first-order valence-corrected chi connectivity index (χ1v) is 24.3. The zero-order chi connectivity index (χ0) is 43.7. The zero-order valence-corrected chi connectivity index (χ0v) is 37.4. The Labute approximate surface area is 388 Å². The average Bonchev–Trinajstić information content (AvgIpc) is 3.90. The quantitative estimate of drug-likeness (QED) is 0.153. The normalized spacial score (nSPS) is 25.7. The highest BCUT2D eigenvalue weighted by Gasteiger charge is 2.58. The van der Waals surface area contributed by atoms with Crippen molar-refractivity contribution in [3.63, 3.8) is 0 Å². The maximum absolute atomic E-state index is 6.46. The number of nitrogens with zero attached hydrogens (tertiary/aromatic N) is 1. The number of hydrogen-bond donors (Lipinski definition) is 0. The van der Waals surface area contributed by atoms with E-state index in [4.69, 9.17) is 14.1 Å². The van der Waals surface area contributed by atoms with Gasteiger partial charge in [0.05, 0.1) is 11.4 Å². The van der Waals surface area contributed by atoms with Gasteiger partial charge in [-0.25, -0.2) is 4.99 Å².